The van der Waals surface area contributed by atoms with Crippen LogP contribution in [0.5, 0.6) is 11.5 Å². The Kier molecular flexibility index (Phi) is 7.86. The summed E-state index contributed by atoms with van der Waals surface area (Å²) in [5.74, 6) is 0.415. The molecule has 6 nitrogen and oxygen atoms in total. The van der Waals surface area contributed by atoms with Crippen LogP contribution in [0.15, 0.2) is 95.9 Å². The molecule has 1 N–H and O–H groups in total. The number of carbonyl (C=O) groups is 1. The summed E-state index contributed by atoms with van der Waals surface area (Å²) in [6, 6.07) is 25.9. The molecule has 0 aliphatic carbocycles. The molecule has 0 bridgehead atoms. The molecular formula is C29H27ClN2O4S. The van der Waals surface area contributed by atoms with Gasteiger partial charge in [-0.2, -0.15) is 0 Å². The van der Waals surface area contributed by atoms with Gasteiger partial charge in [-0.05, 0) is 74.9 Å². The third-order valence-corrected chi connectivity index (χ3v) is 7.71. The van der Waals surface area contributed by atoms with E-state index in [-0.39, 0.29) is 4.90 Å². The van der Waals surface area contributed by atoms with Gasteiger partial charge in [0.25, 0.3) is 10.0 Å². The van der Waals surface area contributed by atoms with Gasteiger partial charge in [0, 0.05) is 5.02 Å². The number of aryl methyl sites for hydroxylation is 3. The van der Waals surface area contributed by atoms with E-state index in [0.717, 1.165) is 21.0 Å². The summed E-state index contributed by atoms with van der Waals surface area (Å²) in [4.78, 5) is 13.4. The Labute approximate surface area is 222 Å². The second kappa shape index (κ2) is 11.1. The molecule has 0 aliphatic rings. The van der Waals surface area contributed by atoms with Crippen molar-refractivity contribution in [3.63, 3.8) is 0 Å². The first kappa shape index (κ1) is 26.3. The summed E-state index contributed by atoms with van der Waals surface area (Å²) in [6.45, 7) is 5.18. The molecule has 0 radical (unpaired) electrons. The number of ether oxygens (including phenoxy) is 1. The molecule has 37 heavy (non-hydrogen) atoms. The summed E-state index contributed by atoms with van der Waals surface area (Å²) in [7, 11) is -4.05. The number of sulfonamides is 1. The van der Waals surface area contributed by atoms with Gasteiger partial charge in [-0.15, -0.1) is 0 Å². The first-order valence-electron chi connectivity index (χ1n) is 11.6. The Morgan fingerprint density at radius 2 is 1.54 bits per heavy atom. The van der Waals surface area contributed by atoms with Gasteiger partial charge in [-0.3, -0.25) is 9.10 Å². The lowest BCUT2D eigenvalue weighted by Gasteiger charge is -2.26. The zero-order valence-corrected chi connectivity index (χ0v) is 22.3. The van der Waals surface area contributed by atoms with Gasteiger partial charge in [-0.1, -0.05) is 65.2 Å². The van der Waals surface area contributed by atoms with Crippen LogP contribution in [0.25, 0.3) is 0 Å². The van der Waals surface area contributed by atoms with E-state index in [1.54, 1.807) is 60.7 Å². The van der Waals surface area contributed by atoms with E-state index in [0.29, 0.717) is 27.9 Å². The van der Waals surface area contributed by atoms with Crippen molar-refractivity contribution in [3.05, 3.63) is 113 Å². The molecule has 0 spiro atoms. The highest BCUT2D eigenvalue weighted by Gasteiger charge is 2.28. The second-order valence-corrected chi connectivity index (χ2v) is 11.0. The third-order valence-electron chi connectivity index (χ3n) is 5.70. The van der Waals surface area contributed by atoms with E-state index in [1.807, 2.05) is 51.1 Å². The SMILES string of the molecule is Cc1ccc(S(=O)(=O)N(CC(=O)Nc2cc(Cl)ccc2Oc2ccccc2)c2ccc(C)cc2C)cc1. The minimum Gasteiger partial charge on any atom is -0.455 e. The van der Waals surface area contributed by atoms with E-state index in [9.17, 15) is 13.2 Å². The monoisotopic (exact) mass is 534 g/mol. The van der Waals surface area contributed by atoms with E-state index < -0.39 is 22.5 Å². The Morgan fingerprint density at radius 1 is 0.865 bits per heavy atom. The number of anilines is 2. The van der Waals surface area contributed by atoms with Crippen LogP contribution in [0, 0.1) is 20.8 Å². The van der Waals surface area contributed by atoms with Crippen LogP contribution in [0.3, 0.4) is 0 Å². The number of amides is 1. The first-order valence-corrected chi connectivity index (χ1v) is 13.4. The molecule has 0 saturated carbocycles. The van der Waals surface area contributed by atoms with E-state index in [2.05, 4.69) is 5.32 Å². The molecule has 0 aliphatic heterocycles. The van der Waals surface area contributed by atoms with Crippen molar-refractivity contribution in [2.45, 2.75) is 25.7 Å². The normalized spacial score (nSPS) is 11.1. The Balaban J connectivity index is 1.67. The molecule has 4 aromatic rings. The number of benzene rings is 4. The van der Waals surface area contributed by atoms with Gasteiger partial charge in [0.15, 0.2) is 5.75 Å². The van der Waals surface area contributed by atoms with Crippen LogP contribution in [0.4, 0.5) is 11.4 Å². The fourth-order valence-corrected chi connectivity index (χ4v) is 5.50. The molecule has 0 fully saturated rings. The number of carbonyl (C=O) groups excluding carboxylic acids is 1. The topological polar surface area (TPSA) is 75.7 Å². The van der Waals surface area contributed by atoms with Crippen LogP contribution in [-0.2, 0) is 14.8 Å². The molecular weight excluding hydrogens is 508 g/mol. The van der Waals surface area contributed by atoms with Crippen molar-refractivity contribution >= 4 is 38.9 Å². The molecule has 8 heteroatoms. The highest BCUT2D eigenvalue weighted by Crippen LogP contribution is 2.33. The predicted molar refractivity (Wildman–Crippen MR) is 148 cm³/mol. The van der Waals surface area contributed by atoms with Crippen LogP contribution < -0.4 is 14.4 Å². The summed E-state index contributed by atoms with van der Waals surface area (Å²) in [6.07, 6.45) is 0. The molecule has 0 saturated heterocycles. The lowest BCUT2D eigenvalue weighted by atomic mass is 10.1. The molecule has 4 aromatic carbocycles. The van der Waals surface area contributed by atoms with Crippen molar-refractivity contribution in [2.24, 2.45) is 0 Å². The van der Waals surface area contributed by atoms with Crippen molar-refractivity contribution in [2.75, 3.05) is 16.2 Å². The number of halogens is 1. The number of hydrogen-bond acceptors (Lipinski definition) is 4. The van der Waals surface area contributed by atoms with E-state index >= 15 is 0 Å². The maximum atomic E-state index is 13.7. The fraction of sp³-hybridized carbons (Fsp3) is 0.138. The zero-order chi connectivity index (χ0) is 26.6. The zero-order valence-electron chi connectivity index (χ0n) is 20.7. The van der Waals surface area contributed by atoms with Crippen molar-refractivity contribution in [3.8, 4) is 11.5 Å². The first-order chi connectivity index (χ1) is 17.6. The number of para-hydroxylation sites is 1. The number of nitrogens with one attached hydrogen (secondary N) is 1. The lowest BCUT2D eigenvalue weighted by Crippen LogP contribution is -2.38. The molecule has 0 unspecified atom stereocenters. The number of nitrogens with zero attached hydrogens (tertiary/aromatic N) is 1. The van der Waals surface area contributed by atoms with Crippen molar-refractivity contribution < 1.29 is 17.9 Å². The third kappa shape index (κ3) is 6.31. The highest BCUT2D eigenvalue weighted by atomic mass is 35.5. The summed E-state index contributed by atoms with van der Waals surface area (Å²) in [5, 5.41) is 3.18. The minimum absolute atomic E-state index is 0.0988. The molecule has 0 atom stereocenters. The lowest BCUT2D eigenvalue weighted by molar-refractivity contribution is -0.114. The highest BCUT2D eigenvalue weighted by molar-refractivity contribution is 7.92. The average molecular weight is 535 g/mol. The van der Waals surface area contributed by atoms with Gasteiger partial charge in [0.05, 0.1) is 16.3 Å². The molecule has 1 amide bonds. The van der Waals surface area contributed by atoms with Gasteiger partial charge < -0.3 is 10.1 Å². The van der Waals surface area contributed by atoms with Gasteiger partial charge in [0.1, 0.15) is 12.3 Å². The van der Waals surface area contributed by atoms with Crippen molar-refractivity contribution in [1.82, 2.24) is 0 Å². The van der Waals surface area contributed by atoms with Crippen molar-refractivity contribution in [1.29, 1.82) is 0 Å². The fourth-order valence-electron chi connectivity index (χ4n) is 3.85. The second-order valence-electron chi connectivity index (χ2n) is 8.72. The van der Waals surface area contributed by atoms with Gasteiger partial charge in [-0.25, -0.2) is 8.42 Å². The summed E-state index contributed by atoms with van der Waals surface area (Å²) >= 11 is 6.19. The Morgan fingerprint density at radius 3 is 2.22 bits per heavy atom. The number of hydrogen-bond donors (Lipinski definition) is 1. The van der Waals surface area contributed by atoms with Gasteiger partial charge in [0.2, 0.25) is 5.91 Å². The predicted octanol–water partition coefficient (Wildman–Crippen LogP) is 6.89. The summed E-state index contributed by atoms with van der Waals surface area (Å²) < 4.78 is 34.5. The largest absolute Gasteiger partial charge is 0.455 e. The van der Waals surface area contributed by atoms with E-state index in [1.165, 1.54) is 0 Å². The standard InChI is InChI=1S/C29H27ClN2O4S/c1-20-9-13-25(14-10-20)37(34,35)32(27-15-11-21(2)17-22(27)3)19-29(33)31-26-18-23(30)12-16-28(26)36-24-7-5-4-6-8-24/h4-18H,19H2,1-3H3,(H,31,33). The smallest absolute Gasteiger partial charge is 0.264 e. The maximum Gasteiger partial charge on any atom is 0.264 e. The average Bonchev–Trinajstić information content (AvgIpc) is 2.85. The summed E-state index contributed by atoms with van der Waals surface area (Å²) in [5.41, 5.74) is 3.41. The van der Waals surface area contributed by atoms with E-state index in [4.69, 9.17) is 16.3 Å². The minimum atomic E-state index is -4.05. The van der Waals surface area contributed by atoms with Gasteiger partial charge >= 0.3 is 0 Å². The molecule has 190 valence electrons. The Bertz CT molecular complexity index is 1520. The van der Waals surface area contributed by atoms with Crippen LogP contribution in [0.1, 0.15) is 16.7 Å². The number of rotatable bonds is 8. The maximum absolute atomic E-state index is 13.7. The van der Waals surface area contributed by atoms with Crippen LogP contribution in [0.2, 0.25) is 5.02 Å². The molecule has 4 rings (SSSR count). The Hall–Kier alpha value is -3.81. The molecule has 0 aromatic heterocycles. The van der Waals surface area contributed by atoms with Crippen LogP contribution in [-0.4, -0.2) is 20.9 Å². The quantitative estimate of drug-likeness (QED) is 0.267. The molecule has 0 heterocycles. The van der Waals surface area contributed by atoms with Crippen LogP contribution >= 0.6 is 11.6 Å².